The minimum absolute atomic E-state index is 0.0898. The lowest BCUT2D eigenvalue weighted by atomic mass is 9.97. The van der Waals surface area contributed by atoms with Gasteiger partial charge in [-0.25, -0.2) is 8.78 Å². The molecule has 7 nitrogen and oxygen atoms in total. The van der Waals surface area contributed by atoms with Crippen LogP contribution in [0.25, 0.3) is 11.3 Å². The zero-order chi connectivity index (χ0) is 25.9. The third-order valence-electron chi connectivity index (χ3n) is 6.87. The van der Waals surface area contributed by atoms with Gasteiger partial charge in [-0.3, -0.25) is 14.6 Å². The molecule has 0 radical (unpaired) electrons. The van der Waals surface area contributed by atoms with Crippen LogP contribution in [0.2, 0.25) is 0 Å². The van der Waals surface area contributed by atoms with Crippen molar-refractivity contribution in [3.8, 4) is 17.0 Å². The molecule has 0 spiro atoms. The van der Waals surface area contributed by atoms with E-state index in [4.69, 9.17) is 10.5 Å². The highest BCUT2D eigenvalue weighted by molar-refractivity contribution is 5.98. The molecule has 9 heteroatoms. The van der Waals surface area contributed by atoms with Crippen LogP contribution in [-0.2, 0) is 4.79 Å². The highest BCUT2D eigenvalue weighted by atomic mass is 19.1. The summed E-state index contributed by atoms with van der Waals surface area (Å²) in [5, 5.41) is 0. The number of carbonyl (C=O) groups is 2. The Labute approximate surface area is 210 Å². The Morgan fingerprint density at radius 3 is 2.50 bits per heavy atom. The van der Waals surface area contributed by atoms with E-state index < -0.39 is 29.3 Å². The van der Waals surface area contributed by atoms with Gasteiger partial charge in [-0.1, -0.05) is 6.07 Å². The van der Waals surface area contributed by atoms with E-state index in [-0.39, 0.29) is 5.56 Å². The van der Waals surface area contributed by atoms with E-state index >= 15 is 0 Å². The summed E-state index contributed by atoms with van der Waals surface area (Å²) in [6.45, 7) is 6.35. The predicted octanol–water partition coefficient (Wildman–Crippen LogP) is 3.82. The monoisotopic (exact) mass is 500 g/mol. The molecular weight excluding hydrogens is 466 g/mol. The van der Waals surface area contributed by atoms with E-state index in [0.29, 0.717) is 55.5 Å². The zero-order valence-electron chi connectivity index (χ0n) is 20.9. The van der Waals surface area contributed by atoms with Crippen LogP contribution in [-0.4, -0.2) is 71.1 Å². The summed E-state index contributed by atoms with van der Waals surface area (Å²) in [6, 6.07) is 7.19. The molecule has 4 rings (SSSR count). The number of hydrogen-bond acceptors (Lipinski definition) is 5. The standard InChI is InChI=1S/C27H34F2N4O3/c1-27(2,29)17-32-12-9-18(10-13-32)16-36-20-6-8-23(31-15-20)19-5-7-21(22(28)14-19)26(35)33-11-3-4-24(33)25(30)34/h5-8,14-15,18,24H,3-4,9-13,16-17H2,1-2H3,(H2,30,34). The molecule has 2 aliphatic heterocycles. The van der Waals surface area contributed by atoms with Crippen LogP contribution < -0.4 is 10.5 Å². The molecule has 36 heavy (non-hydrogen) atoms. The molecule has 0 bridgehead atoms. The number of primary amides is 1. The first kappa shape index (κ1) is 26.0. The molecular formula is C27H34F2N4O3. The quantitative estimate of drug-likeness (QED) is 0.595. The number of nitrogens with two attached hydrogens (primary N) is 1. The van der Waals surface area contributed by atoms with E-state index in [1.54, 1.807) is 38.2 Å². The number of hydrogen-bond donors (Lipinski definition) is 1. The van der Waals surface area contributed by atoms with E-state index in [0.717, 1.165) is 25.9 Å². The first-order valence-corrected chi connectivity index (χ1v) is 12.5. The molecule has 2 aliphatic rings. The number of alkyl halides is 1. The van der Waals surface area contributed by atoms with E-state index in [1.807, 2.05) is 0 Å². The fraction of sp³-hybridized carbons (Fsp3) is 0.519. The first-order chi connectivity index (χ1) is 17.1. The summed E-state index contributed by atoms with van der Waals surface area (Å²) in [4.78, 5) is 32.3. The van der Waals surface area contributed by atoms with Crippen LogP contribution in [0.3, 0.4) is 0 Å². The van der Waals surface area contributed by atoms with Gasteiger partial charge in [-0.2, -0.15) is 0 Å². The number of piperidine rings is 1. The summed E-state index contributed by atoms with van der Waals surface area (Å²) in [6.07, 6.45) is 4.69. The number of rotatable bonds is 8. The zero-order valence-corrected chi connectivity index (χ0v) is 20.9. The number of halogens is 2. The second-order valence-electron chi connectivity index (χ2n) is 10.4. The van der Waals surface area contributed by atoms with Crippen molar-refractivity contribution < 1.29 is 23.1 Å². The van der Waals surface area contributed by atoms with Crippen molar-refractivity contribution in [2.24, 2.45) is 11.7 Å². The molecule has 194 valence electrons. The lowest BCUT2D eigenvalue weighted by Crippen LogP contribution is -2.43. The van der Waals surface area contributed by atoms with E-state index in [1.165, 1.54) is 17.0 Å². The van der Waals surface area contributed by atoms with Gasteiger partial charge in [0.1, 0.15) is 23.3 Å². The van der Waals surface area contributed by atoms with Crippen molar-refractivity contribution in [3.63, 3.8) is 0 Å². The summed E-state index contributed by atoms with van der Waals surface area (Å²) >= 11 is 0. The molecule has 1 aromatic heterocycles. The molecule has 0 saturated carbocycles. The molecule has 1 atom stereocenters. The largest absolute Gasteiger partial charge is 0.492 e. The summed E-state index contributed by atoms with van der Waals surface area (Å²) in [7, 11) is 0. The lowest BCUT2D eigenvalue weighted by Gasteiger charge is -2.34. The SMILES string of the molecule is CC(C)(F)CN1CCC(COc2ccc(-c3ccc(C(=O)N4CCCC4C(N)=O)c(F)c3)nc2)CC1. The molecule has 2 fully saturated rings. The Balaban J connectivity index is 1.32. The van der Waals surface area contributed by atoms with Crippen LogP contribution in [0.1, 0.15) is 49.9 Å². The fourth-order valence-corrected chi connectivity index (χ4v) is 5.00. The minimum Gasteiger partial charge on any atom is -0.492 e. The molecule has 0 aliphatic carbocycles. The van der Waals surface area contributed by atoms with Gasteiger partial charge in [0, 0.05) is 18.7 Å². The molecule has 3 heterocycles. The Bertz CT molecular complexity index is 1080. The Kier molecular flexibility index (Phi) is 7.88. The summed E-state index contributed by atoms with van der Waals surface area (Å²) in [5.74, 6) is -0.735. The highest BCUT2D eigenvalue weighted by Gasteiger charge is 2.34. The molecule has 2 aromatic rings. The van der Waals surface area contributed by atoms with E-state index in [2.05, 4.69) is 9.88 Å². The second-order valence-corrected chi connectivity index (χ2v) is 10.4. The number of nitrogens with zero attached hydrogens (tertiary/aromatic N) is 3. The third-order valence-corrected chi connectivity index (χ3v) is 6.87. The van der Waals surface area contributed by atoms with Gasteiger partial charge in [-0.05, 0) is 82.8 Å². The van der Waals surface area contributed by atoms with Crippen LogP contribution >= 0.6 is 0 Å². The lowest BCUT2D eigenvalue weighted by molar-refractivity contribution is -0.121. The minimum atomic E-state index is -1.18. The topological polar surface area (TPSA) is 88.8 Å². The number of aromatic nitrogens is 1. The average Bonchev–Trinajstić information content (AvgIpc) is 3.33. The second kappa shape index (κ2) is 10.9. The molecule has 1 aromatic carbocycles. The van der Waals surface area contributed by atoms with E-state index in [9.17, 15) is 18.4 Å². The number of carbonyl (C=O) groups excluding carboxylic acids is 2. The number of benzene rings is 1. The van der Waals surface area contributed by atoms with Crippen molar-refractivity contribution >= 4 is 11.8 Å². The predicted molar refractivity (Wildman–Crippen MR) is 133 cm³/mol. The molecule has 2 N–H and O–H groups in total. The normalized spacial score (nSPS) is 19.4. The average molecular weight is 501 g/mol. The van der Waals surface area contributed by atoms with Gasteiger partial charge >= 0.3 is 0 Å². The van der Waals surface area contributed by atoms with Crippen molar-refractivity contribution in [1.82, 2.24) is 14.8 Å². The third kappa shape index (κ3) is 6.37. The summed E-state index contributed by atoms with van der Waals surface area (Å²) in [5.41, 5.74) is 5.20. The van der Waals surface area contributed by atoms with Crippen molar-refractivity contribution in [2.75, 3.05) is 32.8 Å². The smallest absolute Gasteiger partial charge is 0.257 e. The Hall–Kier alpha value is -3.07. The van der Waals surface area contributed by atoms with Gasteiger partial charge in [-0.15, -0.1) is 0 Å². The van der Waals surface area contributed by atoms with Crippen LogP contribution in [0.4, 0.5) is 8.78 Å². The highest BCUT2D eigenvalue weighted by Crippen LogP contribution is 2.26. The van der Waals surface area contributed by atoms with Crippen LogP contribution in [0.5, 0.6) is 5.75 Å². The number of ether oxygens (including phenoxy) is 1. The van der Waals surface area contributed by atoms with Gasteiger partial charge < -0.3 is 20.3 Å². The Morgan fingerprint density at radius 2 is 1.89 bits per heavy atom. The van der Waals surface area contributed by atoms with Gasteiger partial charge in [0.2, 0.25) is 5.91 Å². The summed E-state index contributed by atoms with van der Waals surface area (Å²) < 4.78 is 34.6. The molecule has 2 amide bonds. The van der Waals surface area contributed by atoms with Gasteiger partial charge in [0.25, 0.3) is 5.91 Å². The molecule has 1 unspecified atom stereocenters. The van der Waals surface area contributed by atoms with Crippen LogP contribution in [0.15, 0.2) is 36.5 Å². The first-order valence-electron chi connectivity index (χ1n) is 12.5. The maximum absolute atomic E-state index is 14.9. The van der Waals surface area contributed by atoms with Crippen molar-refractivity contribution in [3.05, 3.63) is 47.9 Å². The Morgan fingerprint density at radius 1 is 1.14 bits per heavy atom. The van der Waals surface area contributed by atoms with Crippen molar-refractivity contribution in [2.45, 2.75) is 51.2 Å². The maximum Gasteiger partial charge on any atom is 0.257 e. The number of pyridine rings is 1. The maximum atomic E-state index is 14.9. The van der Waals surface area contributed by atoms with Gasteiger partial charge in [0.05, 0.1) is 24.1 Å². The van der Waals surface area contributed by atoms with Crippen LogP contribution in [0, 0.1) is 11.7 Å². The number of likely N-dealkylation sites (tertiary alicyclic amines) is 2. The van der Waals surface area contributed by atoms with Gasteiger partial charge in [0.15, 0.2) is 0 Å². The van der Waals surface area contributed by atoms with Crippen molar-refractivity contribution in [1.29, 1.82) is 0 Å². The fourth-order valence-electron chi connectivity index (χ4n) is 5.00. The molecule has 2 saturated heterocycles. The number of amides is 2.